The van der Waals surface area contributed by atoms with Crippen molar-refractivity contribution in [2.45, 2.75) is 104 Å². The molecule has 7 nitrogen and oxygen atoms in total. The van der Waals surface area contributed by atoms with Gasteiger partial charge in [0.05, 0.1) is 33.6 Å². The third-order valence-electron chi connectivity index (χ3n) is 7.14. The van der Waals surface area contributed by atoms with Gasteiger partial charge in [-0.2, -0.15) is 0 Å². The summed E-state index contributed by atoms with van der Waals surface area (Å²) in [5, 5.41) is 0. The molecule has 2 rings (SSSR count). The van der Waals surface area contributed by atoms with Crippen molar-refractivity contribution in [3.8, 4) is 11.5 Å². The highest BCUT2D eigenvalue weighted by atomic mass is 16.5. The summed E-state index contributed by atoms with van der Waals surface area (Å²) in [6.45, 7) is 7.11. The molecule has 0 spiro atoms. The predicted molar refractivity (Wildman–Crippen MR) is 156 cm³/mol. The molecule has 2 amide bonds. The topological polar surface area (TPSA) is 72.2 Å². The number of furan rings is 1. The van der Waals surface area contributed by atoms with Crippen LogP contribution in [0.2, 0.25) is 0 Å². The minimum Gasteiger partial charge on any atom is -0.493 e. The fraction of sp³-hybridized carbons (Fsp3) is 0.625. The highest BCUT2D eigenvalue weighted by Gasteiger charge is 2.24. The van der Waals surface area contributed by atoms with Gasteiger partial charge in [-0.25, -0.2) is 0 Å². The van der Waals surface area contributed by atoms with E-state index in [9.17, 15) is 9.59 Å². The van der Waals surface area contributed by atoms with Gasteiger partial charge < -0.3 is 23.7 Å². The Kier molecular flexibility index (Phi) is 15.2. The molecule has 1 heterocycles. The van der Waals surface area contributed by atoms with Crippen molar-refractivity contribution in [1.82, 2.24) is 9.80 Å². The highest BCUT2D eigenvalue weighted by Crippen LogP contribution is 2.28. The van der Waals surface area contributed by atoms with E-state index in [1.54, 1.807) is 30.3 Å². The summed E-state index contributed by atoms with van der Waals surface area (Å²) in [6, 6.07) is 9.43. The zero-order valence-electron chi connectivity index (χ0n) is 24.9. The zero-order chi connectivity index (χ0) is 28.5. The van der Waals surface area contributed by atoms with Crippen molar-refractivity contribution in [3.05, 3.63) is 47.9 Å². The first-order valence-corrected chi connectivity index (χ1v) is 14.7. The summed E-state index contributed by atoms with van der Waals surface area (Å²) in [6.07, 6.45) is 13.6. The molecular formula is C32H50N2O5. The molecule has 218 valence electrons. The van der Waals surface area contributed by atoms with Crippen LogP contribution in [0.5, 0.6) is 11.5 Å². The van der Waals surface area contributed by atoms with Crippen molar-refractivity contribution >= 4 is 11.8 Å². The second kappa shape index (κ2) is 18.3. The van der Waals surface area contributed by atoms with Crippen LogP contribution in [0.4, 0.5) is 0 Å². The molecule has 1 aromatic heterocycles. The van der Waals surface area contributed by atoms with Crippen molar-refractivity contribution < 1.29 is 23.5 Å². The lowest BCUT2D eigenvalue weighted by molar-refractivity contribution is -0.142. The van der Waals surface area contributed by atoms with Gasteiger partial charge >= 0.3 is 0 Å². The molecule has 0 fully saturated rings. The van der Waals surface area contributed by atoms with Gasteiger partial charge in [0.1, 0.15) is 5.76 Å². The standard InChI is InChI=1S/C32H50N2O5/c1-6-7-8-9-10-11-12-13-14-17-31(35)34(26(2)3)25-32(36)33(24-28-16-15-22-39-28)21-20-27-18-19-29(37-4)30(23-27)38-5/h15-16,18-19,22-23,26H,6-14,17,20-21,24-25H2,1-5H3. The number of hydrogen-bond acceptors (Lipinski definition) is 5. The molecule has 0 atom stereocenters. The number of unbranched alkanes of at least 4 members (excludes halogenated alkanes) is 8. The monoisotopic (exact) mass is 542 g/mol. The van der Waals surface area contributed by atoms with Crippen LogP contribution in [0.25, 0.3) is 0 Å². The van der Waals surface area contributed by atoms with Gasteiger partial charge in [0.2, 0.25) is 11.8 Å². The van der Waals surface area contributed by atoms with Crippen LogP contribution in [0, 0.1) is 0 Å². The SMILES string of the molecule is CCCCCCCCCCCC(=O)N(CC(=O)N(CCc1ccc(OC)c(OC)c1)Cc1ccco1)C(C)C. The van der Waals surface area contributed by atoms with Gasteiger partial charge in [-0.3, -0.25) is 9.59 Å². The van der Waals surface area contributed by atoms with Crippen molar-refractivity contribution in [2.24, 2.45) is 0 Å². The third kappa shape index (κ3) is 11.8. The molecule has 0 N–H and O–H groups in total. The Morgan fingerprint density at radius 3 is 2.13 bits per heavy atom. The van der Waals surface area contributed by atoms with Crippen LogP contribution in [0.1, 0.15) is 96.3 Å². The van der Waals surface area contributed by atoms with E-state index in [0.717, 1.165) is 18.4 Å². The third-order valence-corrected chi connectivity index (χ3v) is 7.14. The smallest absolute Gasteiger partial charge is 0.242 e. The number of amides is 2. The molecule has 0 saturated carbocycles. The molecule has 1 aromatic carbocycles. The molecule has 2 aromatic rings. The summed E-state index contributed by atoms with van der Waals surface area (Å²) in [4.78, 5) is 30.1. The molecule has 7 heteroatoms. The summed E-state index contributed by atoms with van der Waals surface area (Å²) in [5.74, 6) is 2.02. The Hall–Kier alpha value is -2.96. The van der Waals surface area contributed by atoms with Gasteiger partial charge in [0.25, 0.3) is 0 Å². The summed E-state index contributed by atoms with van der Waals surface area (Å²) in [5.41, 5.74) is 1.03. The van der Waals surface area contributed by atoms with Crippen molar-refractivity contribution in [1.29, 1.82) is 0 Å². The Morgan fingerprint density at radius 1 is 0.872 bits per heavy atom. The van der Waals surface area contributed by atoms with Crippen molar-refractivity contribution in [3.63, 3.8) is 0 Å². The fourth-order valence-corrected chi connectivity index (χ4v) is 4.72. The number of rotatable bonds is 20. The van der Waals surface area contributed by atoms with E-state index in [0.29, 0.717) is 43.2 Å². The first kappa shape index (κ1) is 32.3. The van der Waals surface area contributed by atoms with Crippen LogP contribution in [-0.2, 0) is 22.6 Å². The molecular weight excluding hydrogens is 492 g/mol. The average molecular weight is 543 g/mol. The number of benzene rings is 1. The van der Waals surface area contributed by atoms with Crippen LogP contribution in [0.3, 0.4) is 0 Å². The molecule has 0 bridgehead atoms. The Balaban J connectivity index is 1.93. The number of carbonyl (C=O) groups is 2. The lowest BCUT2D eigenvalue weighted by Gasteiger charge is -2.30. The first-order chi connectivity index (χ1) is 18.9. The molecule has 0 aliphatic carbocycles. The molecule has 0 radical (unpaired) electrons. The quantitative estimate of drug-likeness (QED) is 0.168. The second-order valence-corrected chi connectivity index (χ2v) is 10.5. The minimum absolute atomic E-state index is 0.0451. The first-order valence-electron chi connectivity index (χ1n) is 14.7. The van der Waals surface area contributed by atoms with Gasteiger partial charge in [0.15, 0.2) is 11.5 Å². The van der Waals surface area contributed by atoms with E-state index >= 15 is 0 Å². The van der Waals surface area contributed by atoms with Crippen LogP contribution in [-0.4, -0.2) is 55.0 Å². The van der Waals surface area contributed by atoms with E-state index < -0.39 is 0 Å². The number of ether oxygens (including phenoxy) is 2. The van der Waals surface area contributed by atoms with Gasteiger partial charge in [0, 0.05) is 19.0 Å². The summed E-state index contributed by atoms with van der Waals surface area (Å²) < 4.78 is 16.3. The minimum atomic E-state index is -0.0824. The average Bonchev–Trinajstić information content (AvgIpc) is 3.45. The van der Waals surface area contributed by atoms with E-state index in [4.69, 9.17) is 13.9 Å². The van der Waals surface area contributed by atoms with Gasteiger partial charge in [-0.05, 0) is 56.5 Å². The summed E-state index contributed by atoms with van der Waals surface area (Å²) >= 11 is 0. The van der Waals surface area contributed by atoms with Crippen molar-refractivity contribution in [2.75, 3.05) is 27.3 Å². The normalized spacial score (nSPS) is 11.0. The Labute approximate surface area is 235 Å². The molecule has 0 saturated heterocycles. The number of nitrogens with zero attached hydrogens (tertiary/aromatic N) is 2. The Morgan fingerprint density at radius 2 is 1.54 bits per heavy atom. The van der Waals surface area contributed by atoms with E-state index in [1.165, 1.54) is 44.9 Å². The summed E-state index contributed by atoms with van der Waals surface area (Å²) in [7, 11) is 3.22. The zero-order valence-corrected chi connectivity index (χ0v) is 24.9. The fourth-order valence-electron chi connectivity index (χ4n) is 4.72. The predicted octanol–water partition coefficient (Wildman–Crippen LogP) is 7.03. The lowest BCUT2D eigenvalue weighted by atomic mass is 10.1. The molecule has 0 aliphatic rings. The van der Waals surface area contributed by atoms with Crippen LogP contribution < -0.4 is 9.47 Å². The van der Waals surface area contributed by atoms with E-state index in [-0.39, 0.29) is 24.4 Å². The van der Waals surface area contributed by atoms with Crippen LogP contribution >= 0.6 is 0 Å². The maximum atomic E-state index is 13.5. The highest BCUT2D eigenvalue weighted by molar-refractivity contribution is 5.85. The number of carbonyl (C=O) groups excluding carboxylic acids is 2. The lowest BCUT2D eigenvalue weighted by Crippen LogP contribution is -2.46. The van der Waals surface area contributed by atoms with Crippen LogP contribution in [0.15, 0.2) is 41.0 Å². The number of hydrogen-bond donors (Lipinski definition) is 0. The number of methoxy groups -OCH3 is 2. The van der Waals surface area contributed by atoms with E-state index in [1.807, 2.05) is 44.2 Å². The maximum Gasteiger partial charge on any atom is 0.242 e. The Bertz CT molecular complexity index is 957. The molecule has 0 unspecified atom stereocenters. The largest absolute Gasteiger partial charge is 0.493 e. The molecule has 39 heavy (non-hydrogen) atoms. The van der Waals surface area contributed by atoms with Gasteiger partial charge in [-0.1, -0.05) is 64.4 Å². The second-order valence-electron chi connectivity index (χ2n) is 10.5. The van der Waals surface area contributed by atoms with Gasteiger partial charge in [-0.15, -0.1) is 0 Å². The maximum absolute atomic E-state index is 13.5. The molecule has 0 aliphatic heterocycles. The van der Waals surface area contributed by atoms with E-state index in [2.05, 4.69) is 6.92 Å².